The number of piperazine rings is 1. The molecule has 0 spiro atoms. The van der Waals surface area contributed by atoms with Gasteiger partial charge in [0.1, 0.15) is 11.7 Å². The van der Waals surface area contributed by atoms with Crippen LogP contribution in [0.3, 0.4) is 0 Å². The van der Waals surface area contributed by atoms with Crippen LogP contribution in [-0.2, 0) is 0 Å². The number of pyridine rings is 1. The van der Waals surface area contributed by atoms with E-state index in [4.69, 9.17) is 0 Å². The van der Waals surface area contributed by atoms with Gasteiger partial charge in [0.05, 0.1) is 5.56 Å². The van der Waals surface area contributed by atoms with E-state index in [0.717, 1.165) is 34.0 Å². The normalized spacial score (nSPS) is 16.2. The fourth-order valence-electron chi connectivity index (χ4n) is 4.35. The van der Waals surface area contributed by atoms with Crippen molar-refractivity contribution in [3.8, 4) is 11.3 Å². The van der Waals surface area contributed by atoms with Crippen LogP contribution < -0.4 is 10.2 Å². The van der Waals surface area contributed by atoms with Crippen molar-refractivity contribution in [2.75, 3.05) is 51.0 Å². The zero-order valence-electron chi connectivity index (χ0n) is 20.7. The van der Waals surface area contributed by atoms with Crippen molar-refractivity contribution in [2.24, 2.45) is 9.98 Å². The summed E-state index contributed by atoms with van der Waals surface area (Å²) in [6.07, 6.45) is 3.52. The van der Waals surface area contributed by atoms with E-state index in [1.165, 1.54) is 0 Å². The molecule has 3 aromatic rings. The van der Waals surface area contributed by atoms with Crippen LogP contribution in [0.25, 0.3) is 11.3 Å². The summed E-state index contributed by atoms with van der Waals surface area (Å²) in [4.78, 5) is 35.3. The summed E-state index contributed by atoms with van der Waals surface area (Å²) in [5, 5.41) is 3.02. The second kappa shape index (κ2) is 10.4. The van der Waals surface area contributed by atoms with Crippen molar-refractivity contribution < 1.29 is 4.79 Å². The lowest BCUT2D eigenvalue weighted by atomic mass is 10.1. The number of nitrogens with one attached hydrogen (secondary N) is 2. The molecule has 1 fully saturated rings. The summed E-state index contributed by atoms with van der Waals surface area (Å²) in [7, 11) is 5.76. The number of aromatic nitrogens is 2. The number of rotatable bonds is 5. The van der Waals surface area contributed by atoms with Crippen molar-refractivity contribution in [3.63, 3.8) is 0 Å². The second-order valence-corrected chi connectivity index (χ2v) is 8.75. The lowest BCUT2D eigenvalue weighted by Crippen LogP contribution is -2.56. The van der Waals surface area contributed by atoms with E-state index < -0.39 is 0 Å². The van der Waals surface area contributed by atoms with Crippen molar-refractivity contribution in [1.82, 2.24) is 19.8 Å². The van der Waals surface area contributed by atoms with Crippen molar-refractivity contribution in [2.45, 2.75) is 13.0 Å². The highest BCUT2D eigenvalue weighted by Gasteiger charge is 2.30. The Morgan fingerprint density at radius 2 is 1.89 bits per heavy atom. The van der Waals surface area contributed by atoms with Gasteiger partial charge in [0, 0.05) is 81.8 Å². The van der Waals surface area contributed by atoms with Gasteiger partial charge in [-0.2, -0.15) is 0 Å². The Labute approximate surface area is 206 Å². The number of urea groups is 1. The van der Waals surface area contributed by atoms with Gasteiger partial charge in [-0.1, -0.05) is 0 Å². The number of hydrogen-bond donors (Lipinski definition) is 2. The number of benzene rings is 1. The highest BCUT2D eigenvalue weighted by Crippen LogP contribution is 2.29. The van der Waals surface area contributed by atoms with Gasteiger partial charge in [0.2, 0.25) is 0 Å². The van der Waals surface area contributed by atoms with Gasteiger partial charge in [-0.3, -0.25) is 9.98 Å². The number of aromatic amines is 1. The lowest BCUT2D eigenvalue weighted by Gasteiger charge is -2.41. The van der Waals surface area contributed by atoms with E-state index in [9.17, 15) is 4.79 Å². The highest BCUT2D eigenvalue weighted by atomic mass is 16.2. The number of nitrogens with zero attached hydrogens (tertiary/aromatic N) is 6. The number of carbonyl (C=O) groups excluding carboxylic acids is 1. The number of anilines is 2. The van der Waals surface area contributed by atoms with E-state index in [1.54, 1.807) is 19.4 Å². The zero-order chi connectivity index (χ0) is 24.9. The third kappa shape index (κ3) is 5.18. The molecule has 2 amide bonds. The fourth-order valence-corrected chi connectivity index (χ4v) is 4.35. The largest absolute Gasteiger partial charge is 0.378 e. The molecule has 0 unspecified atom stereocenters. The van der Waals surface area contributed by atoms with E-state index in [1.807, 2.05) is 66.4 Å². The molecular weight excluding hydrogens is 440 g/mol. The molecule has 1 saturated heterocycles. The van der Waals surface area contributed by atoms with Gasteiger partial charge < -0.3 is 25.0 Å². The van der Waals surface area contributed by atoms with Gasteiger partial charge in [-0.05, 0) is 56.1 Å². The quantitative estimate of drug-likeness (QED) is 0.432. The Hall–Kier alpha value is -4.14. The molecule has 35 heavy (non-hydrogen) atoms. The van der Waals surface area contributed by atoms with E-state index in [2.05, 4.69) is 43.8 Å². The minimum absolute atomic E-state index is 0.000277. The predicted octanol–water partition coefficient (Wildman–Crippen LogP) is 4.09. The third-order valence-corrected chi connectivity index (χ3v) is 6.22. The zero-order valence-corrected chi connectivity index (χ0v) is 20.7. The van der Waals surface area contributed by atoms with Crippen LogP contribution in [0.4, 0.5) is 22.0 Å². The van der Waals surface area contributed by atoms with Crippen molar-refractivity contribution >= 4 is 35.8 Å². The van der Waals surface area contributed by atoms with Crippen molar-refractivity contribution in [1.29, 1.82) is 0 Å². The molecule has 4 rings (SSSR count). The smallest absolute Gasteiger partial charge is 0.322 e. The molecule has 1 aliphatic rings. The second-order valence-electron chi connectivity index (χ2n) is 8.75. The maximum atomic E-state index is 13.0. The first-order valence-corrected chi connectivity index (χ1v) is 11.6. The monoisotopic (exact) mass is 472 g/mol. The molecule has 0 saturated carbocycles. The van der Waals surface area contributed by atoms with Crippen LogP contribution >= 0.6 is 0 Å². The molecule has 0 aliphatic carbocycles. The third-order valence-electron chi connectivity index (χ3n) is 6.22. The predicted molar refractivity (Wildman–Crippen MR) is 143 cm³/mol. The molecule has 0 bridgehead atoms. The Balaban J connectivity index is 1.46. The number of H-pyrrole nitrogens is 1. The fraction of sp³-hybridized carbons (Fsp3) is 0.308. The number of hydrogen-bond acceptors (Lipinski definition) is 5. The van der Waals surface area contributed by atoms with E-state index >= 15 is 0 Å². The molecular formula is C26H32N8O. The van der Waals surface area contributed by atoms with E-state index in [0.29, 0.717) is 25.5 Å². The Morgan fingerprint density at radius 1 is 1.17 bits per heavy atom. The first-order valence-electron chi connectivity index (χ1n) is 11.6. The minimum Gasteiger partial charge on any atom is -0.378 e. The summed E-state index contributed by atoms with van der Waals surface area (Å²) >= 11 is 0. The maximum Gasteiger partial charge on any atom is 0.322 e. The number of amides is 2. The van der Waals surface area contributed by atoms with Gasteiger partial charge in [0.15, 0.2) is 0 Å². The molecule has 9 nitrogen and oxygen atoms in total. The number of carbonyl (C=O) groups is 1. The average Bonchev–Trinajstić information content (AvgIpc) is 3.29. The molecule has 1 aromatic carbocycles. The van der Waals surface area contributed by atoms with Crippen LogP contribution in [0.1, 0.15) is 12.5 Å². The summed E-state index contributed by atoms with van der Waals surface area (Å²) in [6, 6.07) is 13.7. The Bertz CT molecular complexity index is 1200. The Kier molecular flexibility index (Phi) is 7.14. The van der Waals surface area contributed by atoms with Crippen LogP contribution in [0, 0.1) is 0 Å². The van der Waals surface area contributed by atoms with Crippen LogP contribution in [0.2, 0.25) is 0 Å². The van der Waals surface area contributed by atoms with Gasteiger partial charge in [-0.15, -0.1) is 0 Å². The summed E-state index contributed by atoms with van der Waals surface area (Å²) in [5.74, 6) is 1.50. The summed E-state index contributed by atoms with van der Waals surface area (Å²) in [5.41, 5.74) is 4.70. The molecule has 1 atom stereocenters. The maximum absolute atomic E-state index is 13.0. The highest BCUT2D eigenvalue weighted by molar-refractivity contribution is 6.04. The molecule has 3 heterocycles. The van der Waals surface area contributed by atoms with Gasteiger partial charge >= 0.3 is 6.03 Å². The first-order chi connectivity index (χ1) is 16.9. The van der Waals surface area contributed by atoms with Crippen LogP contribution in [-0.4, -0.2) is 85.2 Å². The Morgan fingerprint density at radius 3 is 2.49 bits per heavy atom. The molecule has 9 heteroatoms. The minimum atomic E-state index is -0.0974. The topological polar surface area (TPSA) is 92.2 Å². The van der Waals surface area contributed by atoms with Gasteiger partial charge in [0.25, 0.3) is 0 Å². The molecule has 2 N–H and O–H groups in total. The van der Waals surface area contributed by atoms with Crippen LogP contribution in [0.5, 0.6) is 0 Å². The standard InChI is InChI=1S/C26H32N8O/c1-18-17-33(14-15-34(18)26(35)30-20-6-8-21(9-7-20)32(4)5)25(28-3)22-16-23(31-24(22)27-2)19-10-12-29-13-11-19/h6-13,16,18,31H,2,14-15,17H2,1,3-5H3,(H,30,35)/t18-/m1/s1. The summed E-state index contributed by atoms with van der Waals surface area (Å²) in [6.45, 7) is 7.70. The molecule has 0 radical (unpaired) electrons. The van der Waals surface area contributed by atoms with E-state index in [-0.39, 0.29) is 12.1 Å². The number of amidine groups is 1. The number of aliphatic imine (C=N–C) groups is 2. The molecule has 1 aliphatic heterocycles. The first kappa shape index (κ1) is 24.0. The lowest BCUT2D eigenvalue weighted by molar-refractivity contribution is 0.145. The SMILES string of the molecule is C=Nc1[nH]c(-c2ccncc2)cc1C(=NC)N1CCN(C(=O)Nc2ccc(N(C)C)cc2)[C@H](C)C1. The molecule has 182 valence electrons. The molecule has 2 aromatic heterocycles. The van der Waals surface area contributed by atoms with Crippen molar-refractivity contribution in [3.05, 3.63) is 60.4 Å². The average molecular weight is 473 g/mol. The van der Waals surface area contributed by atoms with Gasteiger partial charge in [-0.25, -0.2) is 9.79 Å². The summed E-state index contributed by atoms with van der Waals surface area (Å²) < 4.78 is 0. The van der Waals surface area contributed by atoms with Crippen LogP contribution in [0.15, 0.2) is 64.8 Å².